The lowest BCUT2D eigenvalue weighted by molar-refractivity contribution is -0.297. The van der Waals surface area contributed by atoms with Crippen LogP contribution in [-0.4, -0.2) is 33.6 Å². The molecule has 1 aliphatic rings. The van der Waals surface area contributed by atoms with Crippen LogP contribution in [0.1, 0.15) is 49.4 Å². The molecular weight excluding hydrogens is 345 g/mol. The van der Waals surface area contributed by atoms with Gasteiger partial charge in [0.15, 0.2) is 0 Å². The van der Waals surface area contributed by atoms with Crippen molar-refractivity contribution in [3.05, 3.63) is 34.9 Å². The number of nitrogens with zero attached hydrogens (tertiary/aromatic N) is 2. The van der Waals surface area contributed by atoms with Crippen LogP contribution < -0.4 is 0 Å². The molecular formula is C16H18ClF3N2O2. The SMILES string of the molecule is CCCCCC1=NN(C(=O)c2ccccc2Cl)[C@](O)(C(F)(F)F)C1. The normalized spacial score (nSPS) is 21.1. The van der Waals surface area contributed by atoms with Crippen LogP contribution in [0, 0.1) is 0 Å². The Morgan fingerprint density at radius 1 is 1.38 bits per heavy atom. The predicted octanol–water partition coefficient (Wildman–Crippen LogP) is 4.37. The molecule has 1 amide bonds. The molecule has 24 heavy (non-hydrogen) atoms. The highest BCUT2D eigenvalue weighted by Crippen LogP contribution is 2.42. The molecule has 1 atom stereocenters. The molecule has 1 aliphatic heterocycles. The van der Waals surface area contributed by atoms with Gasteiger partial charge in [-0.15, -0.1) is 0 Å². The summed E-state index contributed by atoms with van der Waals surface area (Å²) < 4.78 is 40.1. The van der Waals surface area contributed by atoms with Crippen molar-refractivity contribution in [3.8, 4) is 0 Å². The van der Waals surface area contributed by atoms with Crippen LogP contribution >= 0.6 is 11.6 Å². The predicted molar refractivity (Wildman–Crippen MR) is 84.8 cm³/mol. The molecule has 0 fully saturated rings. The van der Waals surface area contributed by atoms with Crippen molar-refractivity contribution < 1.29 is 23.1 Å². The Morgan fingerprint density at radius 2 is 2.04 bits per heavy atom. The minimum atomic E-state index is -5.03. The molecule has 132 valence electrons. The largest absolute Gasteiger partial charge is 0.438 e. The van der Waals surface area contributed by atoms with Crippen molar-refractivity contribution in [1.82, 2.24) is 5.01 Å². The fraction of sp³-hybridized carbons (Fsp3) is 0.500. The van der Waals surface area contributed by atoms with Gasteiger partial charge in [-0.25, -0.2) is 0 Å². The Morgan fingerprint density at radius 3 is 2.62 bits per heavy atom. The molecule has 0 spiro atoms. The topological polar surface area (TPSA) is 52.9 Å². The van der Waals surface area contributed by atoms with Gasteiger partial charge in [0.2, 0.25) is 0 Å². The summed E-state index contributed by atoms with van der Waals surface area (Å²) in [5, 5.41) is 14.1. The van der Waals surface area contributed by atoms with Gasteiger partial charge in [0.05, 0.1) is 10.6 Å². The summed E-state index contributed by atoms with van der Waals surface area (Å²) in [4.78, 5) is 12.5. The Hall–Kier alpha value is -1.60. The van der Waals surface area contributed by atoms with E-state index in [1.165, 1.54) is 18.2 Å². The van der Waals surface area contributed by atoms with Crippen LogP contribution in [0.5, 0.6) is 0 Å². The molecule has 8 heteroatoms. The van der Waals surface area contributed by atoms with Gasteiger partial charge in [0, 0.05) is 12.1 Å². The third-order valence-corrected chi connectivity index (χ3v) is 4.19. The van der Waals surface area contributed by atoms with Gasteiger partial charge in [0.1, 0.15) is 0 Å². The first-order valence-electron chi connectivity index (χ1n) is 7.65. The van der Waals surface area contributed by atoms with Crippen LogP contribution in [0.25, 0.3) is 0 Å². The second-order valence-electron chi connectivity index (χ2n) is 5.71. The number of carbonyl (C=O) groups excluding carboxylic acids is 1. The molecule has 0 bridgehead atoms. The molecule has 0 aromatic heterocycles. The van der Waals surface area contributed by atoms with Crippen molar-refractivity contribution >= 4 is 23.2 Å². The van der Waals surface area contributed by atoms with Crippen LogP contribution in [0.3, 0.4) is 0 Å². The standard InChI is InChI=1S/C16H18ClF3N2O2/c1-2-3-4-7-11-10-15(24,16(18,19)20)22(21-11)14(23)12-8-5-6-9-13(12)17/h5-6,8-9,24H,2-4,7,10H2,1H3/t15-/m1/s1. The van der Waals surface area contributed by atoms with E-state index >= 15 is 0 Å². The van der Waals surface area contributed by atoms with Gasteiger partial charge in [0.25, 0.3) is 11.6 Å². The summed E-state index contributed by atoms with van der Waals surface area (Å²) in [5.41, 5.74) is -3.32. The molecule has 0 unspecified atom stereocenters. The monoisotopic (exact) mass is 362 g/mol. The average molecular weight is 363 g/mol. The first-order chi connectivity index (χ1) is 11.2. The van der Waals surface area contributed by atoms with Crippen molar-refractivity contribution in [1.29, 1.82) is 0 Å². The molecule has 1 aromatic carbocycles. The minimum absolute atomic E-state index is 0.00153. The highest BCUT2D eigenvalue weighted by Gasteiger charge is 2.63. The Kier molecular flexibility index (Phi) is 5.55. The van der Waals surface area contributed by atoms with Gasteiger partial charge >= 0.3 is 6.18 Å². The third-order valence-electron chi connectivity index (χ3n) is 3.86. The van der Waals surface area contributed by atoms with Gasteiger partial charge in [-0.2, -0.15) is 23.3 Å². The van der Waals surface area contributed by atoms with Gasteiger partial charge in [-0.05, 0) is 25.0 Å². The van der Waals surface area contributed by atoms with Gasteiger partial charge in [-0.3, -0.25) is 4.79 Å². The molecule has 1 aromatic rings. The van der Waals surface area contributed by atoms with E-state index in [9.17, 15) is 23.1 Å². The highest BCUT2D eigenvalue weighted by molar-refractivity contribution is 6.33. The molecule has 0 saturated heterocycles. The zero-order valence-electron chi connectivity index (χ0n) is 13.1. The van der Waals surface area contributed by atoms with E-state index in [2.05, 4.69) is 5.10 Å². The smallest absolute Gasteiger partial charge is 0.362 e. The second kappa shape index (κ2) is 7.11. The molecule has 0 saturated carbocycles. The number of aliphatic hydroxyl groups is 1. The Bertz CT molecular complexity index is 648. The van der Waals surface area contributed by atoms with Crippen LogP contribution in [0.15, 0.2) is 29.4 Å². The van der Waals surface area contributed by atoms with Gasteiger partial charge < -0.3 is 5.11 Å². The molecule has 1 N–H and O–H groups in total. The lowest BCUT2D eigenvalue weighted by Crippen LogP contribution is -2.56. The number of halogens is 4. The van der Waals surface area contributed by atoms with Crippen LogP contribution in [0.2, 0.25) is 5.02 Å². The van der Waals surface area contributed by atoms with E-state index in [1.54, 1.807) is 6.07 Å². The number of amides is 1. The lowest BCUT2D eigenvalue weighted by atomic mass is 10.0. The summed E-state index contributed by atoms with van der Waals surface area (Å²) >= 11 is 5.88. The Labute approximate surface area is 142 Å². The number of benzene rings is 1. The molecule has 2 rings (SSSR count). The first kappa shape index (κ1) is 18.7. The zero-order chi connectivity index (χ0) is 18.0. The van der Waals surface area contributed by atoms with Crippen molar-refractivity contribution in [3.63, 3.8) is 0 Å². The zero-order valence-corrected chi connectivity index (χ0v) is 13.9. The van der Waals surface area contributed by atoms with Crippen LogP contribution in [-0.2, 0) is 0 Å². The third kappa shape index (κ3) is 3.57. The molecule has 0 radical (unpaired) electrons. The highest BCUT2D eigenvalue weighted by atomic mass is 35.5. The number of alkyl halides is 3. The molecule has 1 heterocycles. The van der Waals surface area contributed by atoms with E-state index in [4.69, 9.17) is 11.6 Å². The molecule has 0 aliphatic carbocycles. The number of rotatable bonds is 5. The van der Waals surface area contributed by atoms with Crippen molar-refractivity contribution in [2.75, 3.05) is 0 Å². The number of unbranched alkanes of at least 4 members (excludes halogenated alkanes) is 2. The maximum Gasteiger partial charge on any atom is 0.438 e. The fourth-order valence-corrected chi connectivity index (χ4v) is 2.74. The minimum Gasteiger partial charge on any atom is -0.362 e. The van der Waals surface area contributed by atoms with E-state index in [1.807, 2.05) is 6.92 Å². The number of hydrazone groups is 1. The van der Waals surface area contributed by atoms with E-state index in [0.29, 0.717) is 12.8 Å². The van der Waals surface area contributed by atoms with E-state index in [-0.39, 0.29) is 21.3 Å². The Balaban J connectivity index is 2.34. The maximum atomic E-state index is 13.4. The quantitative estimate of drug-likeness (QED) is 0.790. The average Bonchev–Trinajstić information content (AvgIpc) is 2.85. The summed E-state index contributed by atoms with van der Waals surface area (Å²) in [6.07, 6.45) is -3.08. The number of carbonyl (C=O) groups is 1. The summed E-state index contributed by atoms with van der Waals surface area (Å²) in [5.74, 6) is -1.08. The van der Waals surface area contributed by atoms with Crippen LogP contribution in [0.4, 0.5) is 13.2 Å². The van der Waals surface area contributed by atoms with E-state index < -0.39 is 24.2 Å². The fourth-order valence-electron chi connectivity index (χ4n) is 2.52. The van der Waals surface area contributed by atoms with Crippen molar-refractivity contribution in [2.24, 2.45) is 5.10 Å². The molecule has 4 nitrogen and oxygen atoms in total. The first-order valence-corrected chi connectivity index (χ1v) is 8.03. The van der Waals surface area contributed by atoms with Crippen molar-refractivity contribution in [2.45, 2.75) is 50.9 Å². The summed E-state index contributed by atoms with van der Waals surface area (Å²) in [6.45, 7) is 1.97. The number of hydrogen-bond acceptors (Lipinski definition) is 3. The number of hydrogen-bond donors (Lipinski definition) is 1. The van der Waals surface area contributed by atoms with Gasteiger partial charge in [-0.1, -0.05) is 43.5 Å². The maximum absolute atomic E-state index is 13.4. The lowest BCUT2D eigenvalue weighted by Gasteiger charge is -2.32. The second-order valence-corrected chi connectivity index (χ2v) is 6.12. The summed E-state index contributed by atoms with van der Waals surface area (Å²) in [6, 6.07) is 5.72. The van der Waals surface area contributed by atoms with E-state index in [0.717, 1.165) is 12.8 Å². The summed E-state index contributed by atoms with van der Waals surface area (Å²) in [7, 11) is 0.